The van der Waals surface area contributed by atoms with Crippen molar-refractivity contribution in [2.24, 2.45) is 7.05 Å². The predicted molar refractivity (Wildman–Crippen MR) is 96.0 cm³/mol. The molecule has 2 heterocycles. The van der Waals surface area contributed by atoms with Crippen molar-refractivity contribution < 1.29 is 14.3 Å². The van der Waals surface area contributed by atoms with Crippen molar-refractivity contribution in [3.63, 3.8) is 0 Å². The molecular formula is C18H21FN4O2. The predicted octanol–water partition coefficient (Wildman–Crippen LogP) is 4.19. The summed E-state index contributed by atoms with van der Waals surface area (Å²) < 4.78 is 16.3. The number of hydrogen-bond donors (Lipinski definition) is 2. The Balaban J connectivity index is 0.00000109. The minimum Gasteiger partial charge on any atom is -0.478 e. The van der Waals surface area contributed by atoms with E-state index in [4.69, 9.17) is 0 Å². The monoisotopic (exact) mass is 344 g/mol. The second kappa shape index (κ2) is 7.29. The van der Waals surface area contributed by atoms with Crippen LogP contribution in [0.5, 0.6) is 0 Å². The summed E-state index contributed by atoms with van der Waals surface area (Å²) in [5.74, 6) is -1.52. The number of hydrogen-bond acceptors (Lipinski definition) is 4. The van der Waals surface area contributed by atoms with Crippen molar-refractivity contribution in [1.82, 2.24) is 14.5 Å². The highest BCUT2D eigenvalue weighted by molar-refractivity contribution is 6.00. The minimum absolute atomic E-state index is 0.116. The molecule has 0 radical (unpaired) electrons. The zero-order valence-corrected chi connectivity index (χ0v) is 14.9. The van der Waals surface area contributed by atoms with E-state index in [-0.39, 0.29) is 16.8 Å². The maximum absolute atomic E-state index is 14.8. The first kappa shape index (κ1) is 18.4. The number of benzene rings is 1. The van der Waals surface area contributed by atoms with Crippen molar-refractivity contribution in [2.75, 3.05) is 5.32 Å². The van der Waals surface area contributed by atoms with Crippen molar-refractivity contribution in [2.45, 2.75) is 27.7 Å². The quantitative estimate of drug-likeness (QED) is 0.744. The number of imidazole rings is 1. The Hall–Kier alpha value is -2.96. The smallest absolute Gasteiger partial charge is 0.338 e. The molecule has 0 aliphatic carbocycles. The summed E-state index contributed by atoms with van der Waals surface area (Å²) in [5.41, 5.74) is 1.99. The molecule has 0 saturated carbocycles. The SMILES string of the molecule is CC.Cc1cnc(Nc2c(C(=O)O)cc3c(ncn3C)c2F)c(C)c1. The first-order valence-electron chi connectivity index (χ1n) is 7.95. The van der Waals surface area contributed by atoms with Crippen LogP contribution in [-0.2, 0) is 7.05 Å². The second-order valence-corrected chi connectivity index (χ2v) is 5.44. The van der Waals surface area contributed by atoms with Gasteiger partial charge in [-0.1, -0.05) is 19.9 Å². The number of carboxylic acid groups (broad SMARTS) is 1. The molecule has 0 spiro atoms. The van der Waals surface area contributed by atoms with Crippen LogP contribution < -0.4 is 5.32 Å². The van der Waals surface area contributed by atoms with Crippen molar-refractivity contribution in [3.05, 3.63) is 47.2 Å². The number of pyridine rings is 1. The molecule has 2 N–H and O–H groups in total. The normalized spacial score (nSPS) is 10.3. The maximum Gasteiger partial charge on any atom is 0.338 e. The Bertz CT molecular complexity index is 934. The molecule has 0 amide bonds. The summed E-state index contributed by atoms with van der Waals surface area (Å²) in [6, 6.07) is 3.28. The Morgan fingerprint density at radius 1 is 1.24 bits per heavy atom. The highest BCUT2D eigenvalue weighted by Gasteiger charge is 2.21. The highest BCUT2D eigenvalue weighted by atomic mass is 19.1. The number of aryl methyl sites for hydroxylation is 3. The molecule has 0 aliphatic heterocycles. The van der Waals surface area contributed by atoms with Crippen LogP contribution in [-0.4, -0.2) is 25.6 Å². The largest absolute Gasteiger partial charge is 0.478 e. The molecule has 2 aromatic heterocycles. The van der Waals surface area contributed by atoms with Gasteiger partial charge in [0, 0.05) is 13.2 Å². The molecule has 0 saturated heterocycles. The lowest BCUT2D eigenvalue weighted by Gasteiger charge is -2.13. The lowest BCUT2D eigenvalue weighted by molar-refractivity contribution is 0.0697. The van der Waals surface area contributed by atoms with Gasteiger partial charge in [-0.15, -0.1) is 0 Å². The molecule has 0 unspecified atom stereocenters. The number of halogens is 1. The molecule has 0 aliphatic rings. The number of rotatable bonds is 3. The summed E-state index contributed by atoms with van der Waals surface area (Å²) in [6.45, 7) is 7.72. The Morgan fingerprint density at radius 2 is 1.92 bits per heavy atom. The van der Waals surface area contributed by atoms with Crippen molar-refractivity contribution >= 4 is 28.5 Å². The maximum atomic E-state index is 14.8. The zero-order valence-electron chi connectivity index (χ0n) is 14.9. The van der Waals surface area contributed by atoms with Crippen molar-refractivity contribution in [3.8, 4) is 0 Å². The van der Waals surface area contributed by atoms with Crippen LogP contribution in [0, 0.1) is 19.7 Å². The van der Waals surface area contributed by atoms with Crippen LogP contribution in [0.1, 0.15) is 35.3 Å². The third kappa shape index (κ3) is 3.45. The third-order valence-corrected chi connectivity index (χ3v) is 3.65. The average molecular weight is 344 g/mol. The summed E-state index contributed by atoms with van der Waals surface area (Å²) >= 11 is 0. The van der Waals surface area contributed by atoms with Crippen LogP contribution in [0.15, 0.2) is 24.7 Å². The van der Waals surface area contributed by atoms with Gasteiger partial charge in [-0.25, -0.2) is 19.2 Å². The Labute approximate surface area is 145 Å². The number of aromatic nitrogens is 3. The van der Waals surface area contributed by atoms with E-state index in [1.807, 2.05) is 33.8 Å². The topological polar surface area (TPSA) is 80.0 Å². The number of aromatic carboxylic acids is 1. The van der Waals surface area contributed by atoms with E-state index in [0.29, 0.717) is 11.3 Å². The molecular weight excluding hydrogens is 323 g/mol. The first-order chi connectivity index (χ1) is 11.9. The van der Waals surface area contributed by atoms with Gasteiger partial charge in [0.05, 0.1) is 23.1 Å². The Morgan fingerprint density at radius 3 is 2.52 bits per heavy atom. The number of nitrogens with zero attached hydrogens (tertiary/aromatic N) is 3. The molecule has 1 aromatic carbocycles. The zero-order chi connectivity index (χ0) is 18.7. The van der Waals surface area contributed by atoms with E-state index in [1.54, 1.807) is 17.8 Å². The van der Waals surface area contributed by atoms with E-state index in [1.165, 1.54) is 12.4 Å². The fourth-order valence-electron chi connectivity index (χ4n) is 2.48. The number of fused-ring (bicyclic) bond motifs is 1. The summed E-state index contributed by atoms with van der Waals surface area (Å²) in [5, 5.41) is 12.2. The number of carbonyl (C=O) groups is 1. The lowest BCUT2D eigenvalue weighted by atomic mass is 10.1. The Kier molecular flexibility index (Phi) is 5.36. The second-order valence-electron chi connectivity index (χ2n) is 5.44. The van der Waals surface area contributed by atoms with Gasteiger partial charge < -0.3 is 15.0 Å². The van der Waals surface area contributed by atoms with E-state index >= 15 is 0 Å². The van der Waals surface area contributed by atoms with Gasteiger partial charge in [-0.2, -0.15) is 0 Å². The molecule has 3 aromatic rings. The van der Waals surface area contributed by atoms with Crippen LogP contribution in [0.2, 0.25) is 0 Å². The van der Waals surface area contributed by atoms with Crippen LogP contribution >= 0.6 is 0 Å². The molecule has 0 bridgehead atoms. The van der Waals surface area contributed by atoms with Crippen LogP contribution in [0.4, 0.5) is 15.9 Å². The van der Waals surface area contributed by atoms with Crippen LogP contribution in [0.3, 0.4) is 0 Å². The van der Waals surface area contributed by atoms with Crippen molar-refractivity contribution in [1.29, 1.82) is 0 Å². The fraction of sp³-hybridized carbons (Fsp3) is 0.278. The molecule has 6 nitrogen and oxygen atoms in total. The van der Waals surface area contributed by atoms with Gasteiger partial charge in [-0.05, 0) is 31.0 Å². The molecule has 3 rings (SSSR count). The minimum atomic E-state index is -1.22. The van der Waals surface area contributed by atoms with E-state index in [9.17, 15) is 14.3 Å². The van der Waals surface area contributed by atoms with Gasteiger partial charge in [0.1, 0.15) is 11.3 Å². The van der Waals surface area contributed by atoms with E-state index in [0.717, 1.165) is 11.1 Å². The van der Waals surface area contributed by atoms with Gasteiger partial charge in [0.15, 0.2) is 5.82 Å². The number of anilines is 2. The number of nitrogens with one attached hydrogen (secondary N) is 1. The molecule has 0 fully saturated rings. The summed E-state index contributed by atoms with van der Waals surface area (Å²) in [4.78, 5) is 19.7. The summed E-state index contributed by atoms with van der Waals surface area (Å²) in [7, 11) is 1.68. The van der Waals surface area contributed by atoms with Gasteiger partial charge in [0.2, 0.25) is 0 Å². The molecule has 132 valence electrons. The lowest BCUT2D eigenvalue weighted by Crippen LogP contribution is -2.08. The third-order valence-electron chi connectivity index (χ3n) is 3.65. The van der Waals surface area contributed by atoms with E-state index < -0.39 is 11.8 Å². The first-order valence-corrected chi connectivity index (χ1v) is 7.95. The van der Waals surface area contributed by atoms with Crippen LogP contribution in [0.25, 0.3) is 11.0 Å². The summed E-state index contributed by atoms with van der Waals surface area (Å²) in [6.07, 6.45) is 3.07. The fourth-order valence-corrected chi connectivity index (χ4v) is 2.48. The van der Waals surface area contributed by atoms with Gasteiger partial charge in [-0.3, -0.25) is 0 Å². The van der Waals surface area contributed by atoms with Gasteiger partial charge >= 0.3 is 5.97 Å². The number of carboxylic acids is 1. The highest BCUT2D eigenvalue weighted by Crippen LogP contribution is 2.31. The van der Waals surface area contributed by atoms with Gasteiger partial charge in [0.25, 0.3) is 0 Å². The molecule has 25 heavy (non-hydrogen) atoms. The molecule has 0 atom stereocenters. The van der Waals surface area contributed by atoms with E-state index in [2.05, 4.69) is 15.3 Å². The average Bonchev–Trinajstić information content (AvgIpc) is 2.95. The molecule has 7 heteroatoms. The standard InChI is InChI=1S/C16H15FN4O2.C2H6/c1-8-4-9(2)15(18-6-8)20-13-10(16(22)23)5-11-14(12(13)17)19-7-21(11)3;1-2/h4-7H,1-3H3,(H,18,20)(H,22,23);1-2H3.